The maximum atomic E-state index is 4.38. The molecule has 2 nitrogen and oxygen atoms in total. The number of thiazole rings is 1. The van der Waals surface area contributed by atoms with E-state index in [2.05, 4.69) is 24.1 Å². The Labute approximate surface area is 78.0 Å². The molecule has 0 saturated carbocycles. The van der Waals surface area contributed by atoms with Crippen molar-refractivity contribution >= 4 is 11.3 Å². The third-order valence-electron chi connectivity index (χ3n) is 1.96. The Bertz CT molecular complexity index is 232. The minimum Gasteiger partial charge on any atom is -0.315 e. The predicted molar refractivity (Wildman–Crippen MR) is 53.6 cm³/mol. The molecule has 1 N–H and O–H groups in total. The number of rotatable bonds is 4. The molecule has 1 unspecified atom stereocenters. The van der Waals surface area contributed by atoms with E-state index in [4.69, 9.17) is 0 Å². The lowest BCUT2D eigenvalue weighted by molar-refractivity contribution is 0.726. The summed E-state index contributed by atoms with van der Waals surface area (Å²) in [6.07, 6.45) is 3.15. The van der Waals surface area contributed by atoms with Gasteiger partial charge in [-0.15, -0.1) is 11.3 Å². The van der Waals surface area contributed by atoms with E-state index < -0.39 is 0 Å². The Morgan fingerprint density at radius 1 is 1.67 bits per heavy atom. The average Bonchev–Trinajstić information content (AvgIpc) is 2.52. The van der Waals surface area contributed by atoms with Crippen LogP contribution in [0.4, 0.5) is 0 Å². The lowest BCUT2D eigenvalue weighted by Crippen LogP contribution is -2.02. The lowest BCUT2D eigenvalue weighted by Gasteiger charge is -2.01. The Hall–Kier alpha value is -0.410. The van der Waals surface area contributed by atoms with Gasteiger partial charge in [-0.2, -0.15) is 0 Å². The fraction of sp³-hybridized carbons (Fsp3) is 0.667. The highest BCUT2D eigenvalue weighted by molar-refractivity contribution is 7.11. The molecular weight excluding hydrogens is 168 g/mol. The summed E-state index contributed by atoms with van der Waals surface area (Å²) in [6, 6.07) is 0. The molecule has 1 heterocycles. The van der Waals surface area contributed by atoms with E-state index in [1.165, 1.54) is 16.3 Å². The van der Waals surface area contributed by atoms with Crippen LogP contribution in [0.15, 0.2) is 6.20 Å². The number of hydrogen-bond donors (Lipinski definition) is 1. The van der Waals surface area contributed by atoms with Crippen LogP contribution in [0.2, 0.25) is 0 Å². The van der Waals surface area contributed by atoms with Crippen molar-refractivity contribution in [1.29, 1.82) is 0 Å². The van der Waals surface area contributed by atoms with Crippen molar-refractivity contribution in [3.8, 4) is 0 Å². The molecule has 1 aromatic heterocycles. The molecule has 12 heavy (non-hydrogen) atoms. The number of nitrogens with one attached hydrogen (secondary N) is 1. The first-order valence-corrected chi connectivity index (χ1v) is 5.18. The molecule has 0 radical (unpaired) electrons. The van der Waals surface area contributed by atoms with Crippen LogP contribution in [0.1, 0.15) is 36.1 Å². The van der Waals surface area contributed by atoms with Gasteiger partial charge in [0, 0.05) is 23.5 Å². The molecule has 0 saturated heterocycles. The van der Waals surface area contributed by atoms with E-state index in [0.717, 1.165) is 6.54 Å². The summed E-state index contributed by atoms with van der Waals surface area (Å²) in [5, 5.41) is 4.39. The van der Waals surface area contributed by atoms with E-state index >= 15 is 0 Å². The quantitative estimate of drug-likeness (QED) is 0.777. The standard InChI is InChI=1S/C9H16N2S/c1-4-7(2)9-11-6-8(12-9)5-10-3/h6-7,10H,4-5H2,1-3H3. The van der Waals surface area contributed by atoms with Gasteiger partial charge in [0.1, 0.15) is 0 Å². The second-order valence-corrected chi connectivity index (χ2v) is 4.15. The average molecular weight is 184 g/mol. The Morgan fingerprint density at radius 2 is 2.42 bits per heavy atom. The number of nitrogens with zero attached hydrogens (tertiary/aromatic N) is 1. The second kappa shape index (κ2) is 4.58. The van der Waals surface area contributed by atoms with Gasteiger partial charge in [0.25, 0.3) is 0 Å². The highest BCUT2D eigenvalue weighted by Gasteiger charge is 2.07. The van der Waals surface area contributed by atoms with Crippen LogP contribution in [0.3, 0.4) is 0 Å². The van der Waals surface area contributed by atoms with Gasteiger partial charge in [-0.3, -0.25) is 0 Å². The van der Waals surface area contributed by atoms with E-state index in [-0.39, 0.29) is 0 Å². The summed E-state index contributed by atoms with van der Waals surface area (Å²) in [7, 11) is 1.96. The van der Waals surface area contributed by atoms with Crippen LogP contribution in [0.5, 0.6) is 0 Å². The predicted octanol–water partition coefficient (Wildman–Crippen LogP) is 2.38. The molecule has 0 aliphatic carbocycles. The highest BCUT2D eigenvalue weighted by atomic mass is 32.1. The summed E-state index contributed by atoms with van der Waals surface area (Å²) in [5.74, 6) is 0.612. The van der Waals surface area contributed by atoms with E-state index in [0.29, 0.717) is 5.92 Å². The van der Waals surface area contributed by atoms with Crippen LogP contribution in [0, 0.1) is 0 Å². The van der Waals surface area contributed by atoms with Gasteiger partial charge in [-0.25, -0.2) is 4.98 Å². The highest BCUT2D eigenvalue weighted by Crippen LogP contribution is 2.23. The monoisotopic (exact) mass is 184 g/mol. The zero-order chi connectivity index (χ0) is 8.97. The zero-order valence-corrected chi connectivity index (χ0v) is 8.74. The first kappa shape index (κ1) is 9.68. The fourth-order valence-corrected chi connectivity index (χ4v) is 2.04. The van der Waals surface area contributed by atoms with Crippen LogP contribution in [-0.4, -0.2) is 12.0 Å². The van der Waals surface area contributed by atoms with Crippen molar-refractivity contribution in [1.82, 2.24) is 10.3 Å². The molecule has 0 spiro atoms. The van der Waals surface area contributed by atoms with Crippen LogP contribution < -0.4 is 5.32 Å². The topological polar surface area (TPSA) is 24.9 Å². The van der Waals surface area contributed by atoms with Gasteiger partial charge >= 0.3 is 0 Å². The molecule has 0 fully saturated rings. The maximum Gasteiger partial charge on any atom is 0.0956 e. The molecule has 0 amide bonds. The molecule has 0 aromatic carbocycles. The first-order chi connectivity index (χ1) is 5.77. The van der Waals surface area contributed by atoms with E-state index in [1.54, 1.807) is 0 Å². The third-order valence-corrected chi connectivity index (χ3v) is 3.19. The van der Waals surface area contributed by atoms with Crippen molar-refractivity contribution in [3.63, 3.8) is 0 Å². The summed E-state index contributed by atoms with van der Waals surface area (Å²) in [4.78, 5) is 5.71. The van der Waals surface area contributed by atoms with Crippen molar-refractivity contribution in [2.75, 3.05) is 7.05 Å². The molecule has 3 heteroatoms. The van der Waals surface area contributed by atoms with Crippen LogP contribution in [-0.2, 0) is 6.54 Å². The second-order valence-electron chi connectivity index (χ2n) is 3.00. The van der Waals surface area contributed by atoms with Crippen molar-refractivity contribution in [3.05, 3.63) is 16.1 Å². The van der Waals surface area contributed by atoms with Crippen LogP contribution in [0.25, 0.3) is 0 Å². The van der Waals surface area contributed by atoms with Gasteiger partial charge in [0.05, 0.1) is 5.01 Å². The minimum absolute atomic E-state index is 0.612. The Balaban J connectivity index is 2.63. The largest absolute Gasteiger partial charge is 0.315 e. The van der Waals surface area contributed by atoms with Gasteiger partial charge in [-0.05, 0) is 13.5 Å². The minimum atomic E-state index is 0.612. The SMILES string of the molecule is CCC(C)c1ncc(CNC)s1. The zero-order valence-electron chi connectivity index (χ0n) is 7.92. The summed E-state index contributed by atoms with van der Waals surface area (Å²) in [5.41, 5.74) is 0. The van der Waals surface area contributed by atoms with E-state index in [9.17, 15) is 0 Å². The van der Waals surface area contributed by atoms with Gasteiger partial charge in [-0.1, -0.05) is 13.8 Å². The van der Waals surface area contributed by atoms with Crippen molar-refractivity contribution in [2.24, 2.45) is 0 Å². The number of aromatic nitrogens is 1. The molecule has 0 aliphatic heterocycles. The third kappa shape index (κ3) is 2.29. The van der Waals surface area contributed by atoms with Gasteiger partial charge in [0.15, 0.2) is 0 Å². The molecule has 1 rings (SSSR count). The Morgan fingerprint density at radius 3 is 3.00 bits per heavy atom. The van der Waals surface area contributed by atoms with E-state index in [1.807, 2.05) is 24.6 Å². The maximum absolute atomic E-state index is 4.38. The smallest absolute Gasteiger partial charge is 0.0956 e. The normalized spacial score (nSPS) is 13.2. The Kier molecular flexibility index (Phi) is 3.69. The van der Waals surface area contributed by atoms with Crippen LogP contribution >= 0.6 is 11.3 Å². The fourth-order valence-electron chi connectivity index (χ4n) is 0.981. The summed E-state index contributed by atoms with van der Waals surface area (Å²) < 4.78 is 0. The van der Waals surface area contributed by atoms with Crippen molar-refractivity contribution < 1.29 is 0 Å². The summed E-state index contributed by atoms with van der Waals surface area (Å²) >= 11 is 1.82. The molecule has 68 valence electrons. The number of hydrogen-bond acceptors (Lipinski definition) is 3. The van der Waals surface area contributed by atoms with Crippen molar-refractivity contribution in [2.45, 2.75) is 32.7 Å². The molecule has 0 bridgehead atoms. The molecule has 1 atom stereocenters. The molecular formula is C9H16N2S. The lowest BCUT2D eigenvalue weighted by atomic mass is 10.1. The first-order valence-electron chi connectivity index (χ1n) is 4.37. The van der Waals surface area contributed by atoms with Gasteiger partial charge < -0.3 is 5.32 Å². The molecule has 1 aromatic rings. The van der Waals surface area contributed by atoms with Gasteiger partial charge in [0.2, 0.25) is 0 Å². The summed E-state index contributed by atoms with van der Waals surface area (Å²) in [6.45, 7) is 5.36. The molecule has 0 aliphatic rings.